The van der Waals surface area contributed by atoms with Gasteiger partial charge in [0.25, 0.3) is 0 Å². The van der Waals surface area contributed by atoms with Crippen LogP contribution in [0.2, 0.25) is 0 Å². The number of amides is 1. The van der Waals surface area contributed by atoms with Gasteiger partial charge in [0.2, 0.25) is 15.9 Å². The molecule has 0 aliphatic rings. The maximum atomic E-state index is 12.5. The van der Waals surface area contributed by atoms with Crippen molar-refractivity contribution in [2.75, 3.05) is 26.1 Å². The number of rotatable bonds is 9. The minimum atomic E-state index is -3.88. The fourth-order valence-electron chi connectivity index (χ4n) is 2.39. The fourth-order valence-corrected chi connectivity index (χ4v) is 3.59. The Morgan fingerprint density at radius 1 is 1.04 bits per heavy atom. The van der Waals surface area contributed by atoms with Gasteiger partial charge >= 0.3 is 0 Å². The van der Waals surface area contributed by atoms with Crippen LogP contribution in [-0.4, -0.2) is 41.2 Å². The first kappa shape index (κ1) is 21.5. The largest absolute Gasteiger partial charge is 0.497 e. The van der Waals surface area contributed by atoms with Crippen molar-refractivity contribution in [2.24, 2.45) is 0 Å². The van der Waals surface area contributed by atoms with E-state index in [0.717, 1.165) is 0 Å². The van der Waals surface area contributed by atoms with Gasteiger partial charge in [-0.1, -0.05) is 0 Å². The molecule has 9 heteroatoms. The maximum absolute atomic E-state index is 12.5. The lowest BCUT2D eigenvalue weighted by Crippen LogP contribution is -2.41. The Labute approximate surface area is 164 Å². The van der Waals surface area contributed by atoms with Gasteiger partial charge in [0, 0.05) is 6.07 Å². The second-order valence-electron chi connectivity index (χ2n) is 5.80. The van der Waals surface area contributed by atoms with Crippen molar-refractivity contribution < 1.29 is 27.4 Å². The van der Waals surface area contributed by atoms with E-state index >= 15 is 0 Å². The molecule has 1 amide bonds. The predicted octanol–water partition coefficient (Wildman–Crippen LogP) is 2.41. The van der Waals surface area contributed by atoms with Crippen LogP contribution in [0.4, 0.5) is 5.69 Å². The zero-order valence-corrected chi connectivity index (χ0v) is 17.0. The quantitative estimate of drug-likeness (QED) is 0.661. The first-order valence-electron chi connectivity index (χ1n) is 8.58. The molecule has 0 spiro atoms. The summed E-state index contributed by atoms with van der Waals surface area (Å²) in [7, 11) is -0.911. The summed E-state index contributed by atoms with van der Waals surface area (Å²) in [5.74, 6) is 0.980. The number of carbonyl (C=O) groups excluding carboxylic acids is 1. The lowest BCUT2D eigenvalue weighted by Gasteiger charge is -2.16. The summed E-state index contributed by atoms with van der Waals surface area (Å²) in [5, 5.41) is 2.64. The first-order chi connectivity index (χ1) is 13.3. The lowest BCUT2D eigenvalue weighted by molar-refractivity contribution is -0.117. The maximum Gasteiger partial charge on any atom is 0.242 e. The second-order valence-corrected chi connectivity index (χ2v) is 7.52. The van der Waals surface area contributed by atoms with E-state index in [0.29, 0.717) is 29.5 Å². The average molecular weight is 408 g/mol. The van der Waals surface area contributed by atoms with Crippen LogP contribution >= 0.6 is 0 Å². The molecule has 0 saturated carbocycles. The molecule has 0 unspecified atom stereocenters. The van der Waals surface area contributed by atoms with Crippen LogP contribution in [0.25, 0.3) is 0 Å². The van der Waals surface area contributed by atoms with Crippen LogP contribution in [-0.2, 0) is 14.8 Å². The third-order valence-electron chi connectivity index (χ3n) is 3.83. The van der Waals surface area contributed by atoms with Crippen molar-refractivity contribution in [3.05, 3.63) is 42.5 Å². The Hall–Kier alpha value is -2.78. The van der Waals surface area contributed by atoms with Crippen molar-refractivity contribution in [3.63, 3.8) is 0 Å². The van der Waals surface area contributed by atoms with Crippen molar-refractivity contribution in [2.45, 2.75) is 24.8 Å². The Balaban J connectivity index is 2.11. The summed E-state index contributed by atoms with van der Waals surface area (Å²) < 4.78 is 43.0. The standard InChI is InChI=1S/C19H24N2O6S/c1-5-27-14-6-9-16(10-7-14)28(23,24)21-13(2)19(22)20-17-12-15(25-3)8-11-18(17)26-4/h6-13,21H,5H2,1-4H3,(H,20,22)/t13-/m0/s1. The van der Waals surface area contributed by atoms with Crippen LogP contribution in [0.5, 0.6) is 17.2 Å². The van der Waals surface area contributed by atoms with Crippen LogP contribution in [0.1, 0.15) is 13.8 Å². The molecule has 0 saturated heterocycles. The molecule has 0 aromatic heterocycles. The number of methoxy groups -OCH3 is 2. The number of benzene rings is 2. The summed E-state index contributed by atoms with van der Waals surface area (Å²) in [6.07, 6.45) is 0. The van der Waals surface area contributed by atoms with E-state index < -0.39 is 22.0 Å². The topological polar surface area (TPSA) is 103 Å². The van der Waals surface area contributed by atoms with E-state index in [1.165, 1.54) is 33.3 Å². The third kappa shape index (κ3) is 5.37. The molecule has 0 aliphatic carbocycles. The summed E-state index contributed by atoms with van der Waals surface area (Å²) >= 11 is 0. The molecule has 28 heavy (non-hydrogen) atoms. The molecule has 0 aliphatic heterocycles. The fraction of sp³-hybridized carbons (Fsp3) is 0.316. The van der Waals surface area contributed by atoms with E-state index in [2.05, 4.69) is 10.0 Å². The molecule has 2 N–H and O–H groups in total. The van der Waals surface area contributed by atoms with E-state index in [1.807, 2.05) is 6.92 Å². The molecule has 2 rings (SSSR count). The van der Waals surface area contributed by atoms with Gasteiger partial charge in [0.1, 0.15) is 17.2 Å². The number of sulfonamides is 1. The molecular weight excluding hydrogens is 384 g/mol. The summed E-state index contributed by atoms with van der Waals surface area (Å²) in [6.45, 7) is 3.77. The van der Waals surface area contributed by atoms with E-state index in [9.17, 15) is 13.2 Å². The van der Waals surface area contributed by atoms with Gasteiger partial charge in [0.15, 0.2) is 0 Å². The number of carbonyl (C=O) groups is 1. The van der Waals surface area contributed by atoms with Crippen LogP contribution < -0.4 is 24.2 Å². The SMILES string of the molecule is CCOc1ccc(S(=O)(=O)N[C@@H](C)C(=O)Nc2cc(OC)ccc2OC)cc1. The molecular formula is C19H24N2O6S. The van der Waals surface area contributed by atoms with Gasteiger partial charge in [0.05, 0.1) is 37.5 Å². The van der Waals surface area contributed by atoms with Gasteiger partial charge in [-0.2, -0.15) is 4.72 Å². The number of nitrogens with one attached hydrogen (secondary N) is 2. The number of ether oxygens (including phenoxy) is 3. The van der Waals surface area contributed by atoms with Gasteiger partial charge in [-0.25, -0.2) is 8.42 Å². The van der Waals surface area contributed by atoms with E-state index in [-0.39, 0.29) is 4.90 Å². The van der Waals surface area contributed by atoms with Gasteiger partial charge < -0.3 is 19.5 Å². The minimum absolute atomic E-state index is 0.0366. The normalized spacial score (nSPS) is 12.1. The predicted molar refractivity (Wildman–Crippen MR) is 106 cm³/mol. The molecule has 0 radical (unpaired) electrons. The van der Waals surface area contributed by atoms with Crippen molar-refractivity contribution >= 4 is 21.6 Å². The van der Waals surface area contributed by atoms with E-state index in [4.69, 9.17) is 14.2 Å². The van der Waals surface area contributed by atoms with Crippen LogP contribution in [0, 0.1) is 0 Å². The first-order valence-corrected chi connectivity index (χ1v) is 10.1. The highest BCUT2D eigenvalue weighted by Crippen LogP contribution is 2.29. The summed E-state index contributed by atoms with van der Waals surface area (Å²) in [6, 6.07) is 9.85. The smallest absolute Gasteiger partial charge is 0.242 e. The summed E-state index contributed by atoms with van der Waals surface area (Å²) in [4.78, 5) is 12.5. The van der Waals surface area contributed by atoms with Crippen molar-refractivity contribution in [1.29, 1.82) is 0 Å². The Kier molecular flexibility index (Phi) is 7.24. The van der Waals surface area contributed by atoms with Gasteiger partial charge in [-0.05, 0) is 50.2 Å². The Morgan fingerprint density at radius 2 is 1.68 bits per heavy atom. The van der Waals surface area contributed by atoms with Crippen LogP contribution in [0.15, 0.2) is 47.4 Å². The molecule has 152 valence electrons. The molecule has 0 fully saturated rings. The highest BCUT2D eigenvalue weighted by Gasteiger charge is 2.23. The van der Waals surface area contributed by atoms with Gasteiger partial charge in [-0.15, -0.1) is 0 Å². The average Bonchev–Trinajstić information content (AvgIpc) is 2.68. The van der Waals surface area contributed by atoms with Crippen molar-refractivity contribution in [3.8, 4) is 17.2 Å². The highest BCUT2D eigenvalue weighted by atomic mass is 32.2. The highest BCUT2D eigenvalue weighted by molar-refractivity contribution is 7.89. The Morgan fingerprint density at radius 3 is 2.25 bits per heavy atom. The van der Waals surface area contributed by atoms with Crippen LogP contribution in [0.3, 0.4) is 0 Å². The van der Waals surface area contributed by atoms with E-state index in [1.54, 1.807) is 30.3 Å². The Bertz CT molecular complexity index is 913. The lowest BCUT2D eigenvalue weighted by atomic mass is 10.2. The molecule has 2 aromatic carbocycles. The summed E-state index contributed by atoms with van der Waals surface area (Å²) in [5.41, 5.74) is 0.374. The third-order valence-corrected chi connectivity index (χ3v) is 5.39. The number of hydrogen-bond donors (Lipinski definition) is 2. The molecule has 0 heterocycles. The molecule has 2 aromatic rings. The zero-order chi connectivity index (χ0) is 20.7. The molecule has 1 atom stereocenters. The monoisotopic (exact) mass is 408 g/mol. The minimum Gasteiger partial charge on any atom is -0.497 e. The molecule has 8 nitrogen and oxygen atoms in total. The second kappa shape index (κ2) is 9.43. The molecule has 0 bridgehead atoms. The van der Waals surface area contributed by atoms with Crippen molar-refractivity contribution in [1.82, 2.24) is 4.72 Å². The number of hydrogen-bond acceptors (Lipinski definition) is 6. The zero-order valence-electron chi connectivity index (χ0n) is 16.2. The number of anilines is 1. The van der Waals surface area contributed by atoms with Gasteiger partial charge in [-0.3, -0.25) is 4.79 Å².